The molecule has 0 fully saturated rings. The van der Waals surface area contributed by atoms with Crippen LogP contribution in [0.25, 0.3) is 21.5 Å². The topological polar surface area (TPSA) is 309 Å². The number of ketones is 2. The lowest BCUT2D eigenvalue weighted by Crippen LogP contribution is -2.59. The molecule has 0 bridgehead atoms. The maximum atomic E-state index is 14.2. The number of aromatic hydroxyl groups is 2. The Morgan fingerprint density at radius 3 is 1.21 bits per heavy atom. The molecule has 4 unspecified atom stereocenters. The van der Waals surface area contributed by atoms with Crippen molar-refractivity contribution in [1.82, 2.24) is 0 Å². The summed E-state index contributed by atoms with van der Waals surface area (Å²) in [6.45, 7) is 6.81. The average Bonchev–Trinajstić information content (AvgIpc) is 3.38. The molecule has 6 rings (SSSR count). The fourth-order valence-corrected chi connectivity index (χ4v) is 8.49. The Labute approximate surface area is 439 Å². The Bertz CT molecular complexity index is 2890. The zero-order valence-corrected chi connectivity index (χ0v) is 43.1. The van der Waals surface area contributed by atoms with Gasteiger partial charge in [0.2, 0.25) is 0 Å². The Morgan fingerprint density at radius 2 is 0.868 bits per heavy atom. The molecule has 0 saturated carbocycles. The number of ether oxygens (including phenoxy) is 2. The van der Waals surface area contributed by atoms with Crippen molar-refractivity contribution in [2.45, 2.75) is 89.4 Å². The molecular weight excluding hydrogens is 981 g/mol. The van der Waals surface area contributed by atoms with Gasteiger partial charge in [-0.3, -0.25) is 9.59 Å². The highest BCUT2D eigenvalue weighted by atomic mass is 17.0. The Morgan fingerprint density at radius 1 is 0.513 bits per heavy atom. The summed E-state index contributed by atoms with van der Waals surface area (Å²) in [5.41, 5.74) is 22.2. The van der Waals surface area contributed by atoms with Crippen LogP contribution in [-0.4, -0.2) is 83.0 Å². The molecule has 0 aliphatic rings. The Kier molecular flexibility index (Phi) is 18.9. The molecule has 0 spiro atoms. The van der Waals surface area contributed by atoms with E-state index in [1.54, 1.807) is 52.0 Å². The van der Waals surface area contributed by atoms with E-state index in [0.717, 1.165) is 44.1 Å². The highest BCUT2D eigenvalue weighted by Crippen LogP contribution is 2.32. The second-order valence-electron chi connectivity index (χ2n) is 19.2. The van der Waals surface area contributed by atoms with Gasteiger partial charge in [-0.2, -0.15) is 0 Å². The van der Waals surface area contributed by atoms with Gasteiger partial charge in [-0.15, -0.1) is 0 Å². The van der Waals surface area contributed by atoms with Crippen LogP contribution < -0.4 is 42.9 Å². The summed E-state index contributed by atoms with van der Waals surface area (Å²) in [4.78, 5) is 105. The van der Waals surface area contributed by atoms with Crippen molar-refractivity contribution < 1.29 is 67.8 Å². The number of phenols is 2. The quantitative estimate of drug-likeness (QED) is 0.0163. The van der Waals surface area contributed by atoms with Crippen LogP contribution in [0.15, 0.2) is 121 Å². The minimum absolute atomic E-state index is 0.159. The molecule has 6 aromatic carbocycles. The number of benzene rings is 6. The van der Waals surface area contributed by atoms with Crippen molar-refractivity contribution in [3.8, 4) is 23.0 Å². The van der Waals surface area contributed by atoms with Crippen molar-refractivity contribution in [3.05, 3.63) is 132 Å². The summed E-state index contributed by atoms with van der Waals surface area (Å²) in [6.07, 6.45) is -2.44. The largest absolute Gasteiger partial charge is 0.508 e. The van der Waals surface area contributed by atoms with Gasteiger partial charge in [-0.25, -0.2) is 28.9 Å². The van der Waals surface area contributed by atoms with Crippen LogP contribution in [0, 0.1) is 11.8 Å². The normalized spacial score (nSPS) is 13.8. The number of rotatable bonds is 25. The van der Waals surface area contributed by atoms with Crippen LogP contribution in [0.1, 0.15) is 64.5 Å². The molecule has 20 nitrogen and oxygen atoms in total. The van der Waals surface area contributed by atoms with E-state index in [2.05, 4.69) is 0 Å². The van der Waals surface area contributed by atoms with Crippen LogP contribution in [-0.2, 0) is 61.0 Å². The summed E-state index contributed by atoms with van der Waals surface area (Å²) in [5, 5.41) is 26.3. The molecule has 402 valence electrons. The van der Waals surface area contributed by atoms with Crippen molar-refractivity contribution >= 4 is 68.4 Å². The lowest BCUT2D eigenvalue weighted by atomic mass is 9.80. The van der Waals surface area contributed by atoms with E-state index in [9.17, 15) is 39.0 Å². The second-order valence-corrected chi connectivity index (χ2v) is 19.2. The maximum absolute atomic E-state index is 14.2. The predicted molar refractivity (Wildman–Crippen MR) is 282 cm³/mol. The molecular formula is C56H64N6O14. The number of hydrogen-bond donors (Lipinski definition) is 6. The summed E-state index contributed by atoms with van der Waals surface area (Å²) < 4.78 is 11.4. The van der Waals surface area contributed by atoms with Gasteiger partial charge >= 0.3 is 23.9 Å². The Balaban J connectivity index is 1.13. The highest BCUT2D eigenvalue weighted by Gasteiger charge is 2.47. The molecule has 0 aliphatic carbocycles. The first kappa shape index (κ1) is 57.3. The molecule has 0 amide bonds. The number of carbonyl (C=O) groups excluding carboxylic acids is 6. The standard InChI is InChI=1S/C56H64N6O14/c1-33(2)31-55(59,53(69)73-47-29-43(63)21-17-39(47)27-45(57)51(67)75-61(71-5)41-19-15-35-11-7-9-13-37(35)25-41)49(65)23-24-50(66)56(60,32-34(3)4)54(70)74-48-30-44(64)22-18-40(48)28-46(58)52(68)76-62(72-6)42-20-16-36-12-8-10-14-38(36)26-42/h7-22,25-26,29-30,33-34,45-46,63-64H,23-24,27-28,31-32,57-60H2,1-6H3. The molecule has 20 heteroatoms. The summed E-state index contributed by atoms with van der Waals surface area (Å²) >= 11 is 0. The number of carbonyl (C=O) groups is 6. The van der Waals surface area contributed by atoms with E-state index in [0.29, 0.717) is 11.4 Å². The highest BCUT2D eigenvalue weighted by molar-refractivity contribution is 6.13. The molecule has 0 radical (unpaired) electrons. The van der Waals surface area contributed by atoms with Gasteiger partial charge in [0.15, 0.2) is 22.6 Å². The molecule has 6 aromatic rings. The van der Waals surface area contributed by atoms with Gasteiger partial charge in [0.1, 0.15) is 46.5 Å². The van der Waals surface area contributed by atoms with Crippen LogP contribution in [0.3, 0.4) is 0 Å². The van der Waals surface area contributed by atoms with Crippen LogP contribution in [0.4, 0.5) is 11.4 Å². The molecule has 0 aromatic heterocycles. The number of nitrogens with two attached hydrogens (primary N) is 4. The van der Waals surface area contributed by atoms with Gasteiger partial charge in [0, 0.05) is 37.8 Å². The van der Waals surface area contributed by atoms with E-state index >= 15 is 0 Å². The molecule has 0 saturated heterocycles. The molecule has 76 heavy (non-hydrogen) atoms. The predicted octanol–water partition coefficient (Wildman–Crippen LogP) is 6.11. The van der Waals surface area contributed by atoms with E-state index in [-0.39, 0.29) is 71.6 Å². The van der Waals surface area contributed by atoms with Crippen molar-refractivity contribution in [2.24, 2.45) is 34.8 Å². The van der Waals surface area contributed by atoms with Gasteiger partial charge in [0.05, 0.1) is 14.2 Å². The average molecular weight is 1050 g/mol. The molecule has 10 N–H and O–H groups in total. The van der Waals surface area contributed by atoms with Gasteiger partial charge < -0.3 is 52.3 Å². The lowest BCUT2D eigenvalue weighted by Gasteiger charge is -2.30. The summed E-state index contributed by atoms with van der Waals surface area (Å²) in [5.74, 6) is -8.17. The van der Waals surface area contributed by atoms with Crippen molar-refractivity contribution in [3.63, 3.8) is 0 Å². The summed E-state index contributed by atoms with van der Waals surface area (Å²) in [7, 11) is 2.60. The first-order valence-corrected chi connectivity index (χ1v) is 24.4. The second kappa shape index (κ2) is 25.0. The van der Waals surface area contributed by atoms with E-state index in [1.165, 1.54) is 38.5 Å². The fraction of sp³-hybridized carbons (Fsp3) is 0.321. The number of anilines is 2. The van der Waals surface area contributed by atoms with Gasteiger partial charge in [-0.05, 0) is 93.7 Å². The zero-order chi connectivity index (χ0) is 55.5. The first-order valence-electron chi connectivity index (χ1n) is 24.4. The fourth-order valence-electron chi connectivity index (χ4n) is 8.49. The van der Waals surface area contributed by atoms with Crippen molar-refractivity contribution in [1.29, 1.82) is 0 Å². The summed E-state index contributed by atoms with van der Waals surface area (Å²) in [6, 6.07) is 30.3. The third-order valence-corrected chi connectivity index (χ3v) is 12.3. The molecule has 4 atom stereocenters. The number of nitrogens with zero attached hydrogens (tertiary/aromatic N) is 2. The van der Waals surface area contributed by atoms with E-state index in [4.69, 9.17) is 51.8 Å². The number of esters is 2. The van der Waals surface area contributed by atoms with Crippen LogP contribution in [0.2, 0.25) is 0 Å². The SMILES string of the molecule is CON(OC(=O)C(N)Cc1ccc(O)cc1OC(=O)C(N)(CC(C)C)C(=O)CCC(=O)C(N)(CC(C)C)C(=O)Oc1cc(O)ccc1CC(N)C(=O)ON(OC)c1ccc2ccccc2c1)c1ccc2ccccc2c1. The minimum Gasteiger partial charge on any atom is -0.508 e. The number of Topliss-reactive ketones (excluding diaryl/α,β-unsaturated/α-hetero) is 2. The van der Waals surface area contributed by atoms with Gasteiger partial charge in [0.25, 0.3) is 0 Å². The monoisotopic (exact) mass is 1040 g/mol. The number of phenolic OH excluding ortho intramolecular Hbond substituents is 2. The maximum Gasteiger partial charge on any atom is 0.352 e. The zero-order valence-electron chi connectivity index (χ0n) is 43.1. The van der Waals surface area contributed by atoms with E-state index < -0.39 is 71.4 Å². The van der Waals surface area contributed by atoms with Crippen LogP contribution in [0.5, 0.6) is 23.0 Å². The Hall–Kier alpha value is -7.98. The first-order chi connectivity index (χ1) is 36.0. The van der Waals surface area contributed by atoms with Gasteiger partial charge in [-0.1, -0.05) is 111 Å². The molecule has 0 aliphatic heterocycles. The minimum atomic E-state index is -2.38. The third-order valence-electron chi connectivity index (χ3n) is 12.3. The third kappa shape index (κ3) is 14.0. The number of hydrogen-bond acceptors (Lipinski definition) is 20. The van der Waals surface area contributed by atoms with Crippen molar-refractivity contribution in [2.75, 3.05) is 24.7 Å². The van der Waals surface area contributed by atoms with E-state index in [1.807, 2.05) is 60.7 Å². The van der Waals surface area contributed by atoms with Crippen LogP contribution >= 0.6 is 0 Å². The number of fused-ring (bicyclic) bond motifs is 2. The molecule has 0 heterocycles. The lowest BCUT2D eigenvalue weighted by molar-refractivity contribution is -0.162. The smallest absolute Gasteiger partial charge is 0.352 e.